The molecule has 17 atom stereocenters. The lowest BCUT2D eigenvalue weighted by Crippen LogP contribution is -2.66. The summed E-state index contributed by atoms with van der Waals surface area (Å²) in [5, 5.41) is 121. The highest BCUT2D eigenvalue weighted by molar-refractivity contribution is 5.76. The molecular weight excluding hydrogens is 1190 g/mol. The highest BCUT2D eigenvalue weighted by Crippen LogP contribution is 2.33. The lowest BCUT2D eigenvalue weighted by molar-refractivity contribution is -0.379. The summed E-state index contributed by atoms with van der Waals surface area (Å²) in [7, 11) is 0. The maximum Gasteiger partial charge on any atom is 0.220 e. The van der Waals surface area contributed by atoms with Crippen LogP contribution in [0.4, 0.5) is 0 Å². The summed E-state index contributed by atoms with van der Waals surface area (Å²) in [5.41, 5.74) is 0. The minimum absolute atomic E-state index is 0.241. The van der Waals surface area contributed by atoms with Gasteiger partial charge in [-0.2, -0.15) is 0 Å². The second kappa shape index (κ2) is 55.4. The third-order valence-corrected chi connectivity index (χ3v) is 18.3. The molecule has 3 aliphatic rings. The number of nitrogens with one attached hydrogen (secondary N) is 1. The number of ether oxygens (including phenoxy) is 6. The fourth-order valence-electron chi connectivity index (χ4n) is 12.4. The molecule has 3 aliphatic heterocycles. The van der Waals surface area contributed by atoms with Crippen molar-refractivity contribution in [3.8, 4) is 0 Å². The number of carbonyl (C=O) groups excluding carboxylic acids is 1. The van der Waals surface area contributed by atoms with Gasteiger partial charge in [0.05, 0.1) is 38.6 Å². The lowest BCUT2D eigenvalue weighted by Gasteiger charge is -2.48. The molecule has 0 spiro atoms. The van der Waals surface area contributed by atoms with Crippen molar-refractivity contribution < 1.29 is 89.4 Å². The van der Waals surface area contributed by atoms with E-state index in [0.717, 1.165) is 77.0 Å². The summed E-state index contributed by atoms with van der Waals surface area (Å²) in [6, 6.07) is -0.976. The first-order valence-electron chi connectivity index (χ1n) is 37.0. The van der Waals surface area contributed by atoms with E-state index in [0.29, 0.717) is 6.42 Å². The van der Waals surface area contributed by atoms with Gasteiger partial charge >= 0.3 is 0 Å². The Morgan fingerprint density at radius 1 is 0.398 bits per heavy atom. The largest absolute Gasteiger partial charge is 0.394 e. The topological polar surface area (TPSA) is 307 Å². The van der Waals surface area contributed by atoms with Gasteiger partial charge in [-0.3, -0.25) is 4.79 Å². The van der Waals surface area contributed by atoms with Crippen LogP contribution in [0.3, 0.4) is 0 Å². The van der Waals surface area contributed by atoms with Gasteiger partial charge in [-0.15, -0.1) is 0 Å². The molecule has 0 aromatic carbocycles. The first-order valence-corrected chi connectivity index (χ1v) is 37.0. The van der Waals surface area contributed by atoms with Crippen LogP contribution >= 0.6 is 0 Å². The number of hydrogen-bond donors (Lipinski definition) is 12. The fourth-order valence-corrected chi connectivity index (χ4v) is 12.4. The molecule has 12 N–H and O–H groups in total. The number of hydrogen-bond acceptors (Lipinski definition) is 18. The van der Waals surface area contributed by atoms with Gasteiger partial charge in [0, 0.05) is 6.42 Å². The molecule has 0 aliphatic carbocycles. The first-order chi connectivity index (χ1) is 45.3. The van der Waals surface area contributed by atoms with Crippen LogP contribution in [-0.2, 0) is 33.2 Å². The van der Waals surface area contributed by atoms with Crippen molar-refractivity contribution in [1.82, 2.24) is 5.32 Å². The predicted molar refractivity (Wildman–Crippen MR) is 365 cm³/mol. The normalized spacial score (nSPS) is 27.9. The van der Waals surface area contributed by atoms with Crippen LogP contribution in [0, 0.1) is 0 Å². The predicted octanol–water partition coefficient (Wildman–Crippen LogP) is 10.7. The summed E-state index contributed by atoms with van der Waals surface area (Å²) >= 11 is 0. The molecule has 17 unspecified atom stereocenters. The second-order valence-corrected chi connectivity index (χ2v) is 26.4. The van der Waals surface area contributed by atoms with Gasteiger partial charge < -0.3 is 89.9 Å². The van der Waals surface area contributed by atoms with E-state index < -0.39 is 124 Å². The van der Waals surface area contributed by atoms with Gasteiger partial charge in [-0.05, 0) is 57.8 Å². The molecule has 0 aromatic rings. The Labute approximate surface area is 560 Å². The highest BCUT2D eigenvalue weighted by atomic mass is 16.8. The van der Waals surface area contributed by atoms with Crippen LogP contribution in [-0.4, -0.2) is 193 Å². The Kier molecular flexibility index (Phi) is 50.4. The number of amides is 1. The molecule has 3 rings (SSSR count). The summed E-state index contributed by atoms with van der Waals surface area (Å²) in [6.07, 6.45) is 41.9. The molecule has 3 heterocycles. The van der Waals surface area contributed by atoms with Gasteiger partial charge in [-0.1, -0.05) is 267 Å². The van der Waals surface area contributed by atoms with E-state index in [4.69, 9.17) is 28.4 Å². The molecule has 3 saturated heterocycles. The van der Waals surface area contributed by atoms with Crippen LogP contribution in [0.25, 0.3) is 0 Å². The van der Waals surface area contributed by atoms with Crippen molar-refractivity contribution in [1.29, 1.82) is 0 Å². The first kappa shape index (κ1) is 84.7. The minimum atomic E-state index is -1.98. The average molecular weight is 1320 g/mol. The van der Waals surface area contributed by atoms with Gasteiger partial charge in [0.1, 0.15) is 73.2 Å². The maximum atomic E-state index is 13.4. The molecule has 93 heavy (non-hydrogen) atoms. The zero-order valence-electron chi connectivity index (χ0n) is 57.5. The number of aliphatic hydroxyl groups excluding tert-OH is 11. The van der Waals surface area contributed by atoms with Crippen molar-refractivity contribution in [2.45, 2.75) is 375 Å². The fraction of sp³-hybridized carbons (Fsp3) is 0.851. The summed E-state index contributed by atoms with van der Waals surface area (Å²) < 4.78 is 34.4. The molecule has 3 fully saturated rings. The van der Waals surface area contributed by atoms with Crippen LogP contribution in [0.15, 0.2) is 60.8 Å². The molecule has 19 nitrogen and oxygen atoms in total. The second-order valence-electron chi connectivity index (χ2n) is 26.4. The maximum absolute atomic E-state index is 13.4. The van der Waals surface area contributed by atoms with Crippen molar-refractivity contribution in [3.05, 3.63) is 60.8 Å². The number of carbonyl (C=O) groups is 1. The Hall–Kier alpha value is -2.51. The van der Waals surface area contributed by atoms with Crippen LogP contribution < -0.4 is 5.32 Å². The molecule has 0 saturated carbocycles. The highest BCUT2D eigenvalue weighted by Gasteiger charge is 2.53. The Morgan fingerprint density at radius 2 is 0.742 bits per heavy atom. The van der Waals surface area contributed by atoms with E-state index in [1.54, 1.807) is 6.08 Å². The monoisotopic (exact) mass is 1320 g/mol. The Bertz CT molecular complexity index is 1920. The third kappa shape index (κ3) is 36.8. The van der Waals surface area contributed by atoms with Crippen LogP contribution in [0.2, 0.25) is 0 Å². The zero-order chi connectivity index (χ0) is 67.5. The number of allylic oxidation sites excluding steroid dienone is 9. The zero-order valence-corrected chi connectivity index (χ0v) is 57.5. The number of unbranched alkanes of at least 4 members (excludes halogenated alkanes) is 33. The summed E-state index contributed by atoms with van der Waals surface area (Å²) in [4.78, 5) is 13.4. The van der Waals surface area contributed by atoms with E-state index in [-0.39, 0.29) is 18.9 Å². The Morgan fingerprint density at radius 3 is 1.16 bits per heavy atom. The molecule has 0 aromatic heterocycles. The SMILES string of the molecule is CC/C=C\C/C=C\C/C=C\C/C=C\CCCCCCCCCCCCCCCCC(=O)NC(COC1OC(CO)C(OC2OC(CO)C(OC3OC(CO)C(O)C(O)C3O)C(O)C2O)C(O)C1O)C(O)/C=C/CCCCCCCCCCCCCCCCCCCCC. The summed E-state index contributed by atoms with van der Waals surface area (Å²) in [5.74, 6) is -0.275. The van der Waals surface area contributed by atoms with E-state index in [1.807, 2.05) is 6.08 Å². The van der Waals surface area contributed by atoms with Gasteiger partial charge in [-0.25, -0.2) is 0 Å². The van der Waals surface area contributed by atoms with E-state index >= 15 is 0 Å². The summed E-state index contributed by atoms with van der Waals surface area (Å²) in [6.45, 7) is 1.65. The van der Waals surface area contributed by atoms with Crippen molar-refractivity contribution >= 4 is 5.91 Å². The standard InChI is InChI=1S/C74H133NO18/c1-3-5-7-9-11-13-15-17-19-21-23-25-26-27-28-29-30-32-34-36-38-40-42-44-46-48-50-52-62(80)75-57(58(79)51-49-47-45-43-41-39-37-35-33-31-24-22-20-18-16-14-12-10-8-6-4-2)56-88-72-68(86)65(83)70(60(54-77)90-72)93-74-69(87)66(84)71(61(55-78)91-74)92-73-67(85)64(82)63(81)59(53-76)89-73/h5,7,11,13,17,19,23,25,49,51,57-61,63-74,76-79,81-87H,3-4,6,8-10,12,14-16,18,20-22,24,26-48,50,52-56H2,1-2H3,(H,75,80)/b7-5-,13-11-,19-17-,25-23-,51-49+. The molecule has 542 valence electrons. The van der Waals surface area contributed by atoms with E-state index in [9.17, 15) is 61.0 Å². The quantitative estimate of drug-likeness (QED) is 0.0199. The number of rotatable bonds is 57. The molecule has 0 radical (unpaired) electrons. The van der Waals surface area contributed by atoms with Crippen LogP contribution in [0.1, 0.15) is 271 Å². The third-order valence-electron chi connectivity index (χ3n) is 18.3. The van der Waals surface area contributed by atoms with Crippen molar-refractivity contribution in [3.63, 3.8) is 0 Å². The van der Waals surface area contributed by atoms with Gasteiger partial charge in [0.25, 0.3) is 0 Å². The van der Waals surface area contributed by atoms with Gasteiger partial charge in [0.15, 0.2) is 18.9 Å². The van der Waals surface area contributed by atoms with Crippen molar-refractivity contribution in [2.75, 3.05) is 26.4 Å². The van der Waals surface area contributed by atoms with Gasteiger partial charge in [0.2, 0.25) is 5.91 Å². The smallest absolute Gasteiger partial charge is 0.220 e. The minimum Gasteiger partial charge on any atom is -0.394 e. The molecular formula is C74H133NO18. The lowest BCUT2D eigenvalue weighted by atomic mass is 9.96. The Balaban J connectivity index is 1.41. The molecule has 1 amide bonds. The number of aliphatic hydroxyl groups is 11. The molecule has 19 heteroatoms. The van der Waals surface area contributed by atoms with Crippen molar-refractivity contribution in [2.24, 2.45) is 0 Å². The molecule has 0 bridgehead atoms. The average Bonchev–Trinajstić information content (AvgIpc) is 0.902. The van der Waals surface area contributed by atoms with E-state index in [2.05, 4.69) is 67.8 Å². The van der Waals surface area contributed by atoms with Crippen LogP contribution in [0.5, 0.6) is 0 Å². The van der Waals surface area contributed by atoms with E-state index in [1.165, 1.54) is 167 Å².